The first-order valence-corrected chi connectivity index (χ1v) is 9.41. The topological polar surface area (TPSA) is 79.2 Å². The van der Waals surface area contributed by atoms with E-state index in [0.29, 0.717) is 12.1 Å². The summed E-state index contributed by atoms with van der Waals surface area (Å²) in [6.07, 6.45) is 14.0. The second-order valence-electron chi connectivity index (χ2n) is 7.05. The fraction of sp³-hybridized carbons (Fsp3) is 0.300. The maximum absolute atomic E-state index is 10.9. The van der Waals surface area contributed by atoms with E-state index in [-0.39, 0.29) is 6.23 Å². The van der Waals surface area contributed by atoms with Crippen LogP contribution in [0.25, 0.3) is 16.9 Å². The van der Waals surface area contributed by atoms with Crippen LogP contribution in [-0.4, -0.2) is 41.8 Å². The first kappa shape index (κ1) is 16.9. The van der Waals surface area contributed by atoms with Crippen molar-refractivity contribution in [2.45, 2.75) is 32.0 Å². The zero-order valence-electron chi connectivity index (χ0n) is 15.3. The predicted molar refractivity (Wildman–Crippen MR) is 102 cm³/mol. The number of pyridine rings is 1. The standard InChI is InChI=1S/C20H20N6O2/c27-14-15-4-5-19-21-17(11-25(19)9-15)12-26-13-18(22-23-26)16-6-7-24(10-16)20-3-1-2-8-28-20/h4-7,9-11,13-14,20H,1-3,8,12H2. The number of ether oxygens (including phenoxy) is 1. The maximum Gasteiger partial charge on any atom is 0.151 e. The normalized spacial score (nSPS) is 17.2. The summed E-state index contributed by atoms with van der Waals surface area (Å²) in [5.74, 6) is 0. The number of aldehydes is 1. The highest BCUT2D eigenvalue weighted by Crippen LogP contribution is 2.25. The average Bonchev–Trinajstić information content (AvgIpc) is 3.47. The minimum Gasteiger partial charge on any atom is -0.358 e. The van der Waals surface area contributed by atoms with Crippen LogP contribution in [0.3, 0.4) is 0 Å². The molecule has 1 atom stereocenters. The van der Waals surface area contributed by atoms with Gasteiger partial charge in [0, 0.05) is 42.5 Å². The highest BCUT2D eigenvalue weighted by atomic mass is 16.5. The minimum absolute atomic E-state index is 0.117. The number of imidazole rings is 1. The number of carbonyl (C=O) groups is 1. The Morgan fingerprint density at radius 3 is 2.96 bits per heavy atom. The molecule has 142 valence electrons. The van der Waals surface area contributed by atoms with Crippen molar-refractivity contribution in [3.05, 3.63) is 60.4 Å². The molecule has 1 aliphatic heterocycles. The minimum atomic E-state index is 0.117. The summed E-state index contributed by atoms with van der Waals surface area (Å²) < 4.78 is 11.6. The van der Waals surface area contributed by atoms with Crippen molar-refractivity contribution in [2.75, 3.05) is 6.61 Å². The highest BCUT2D eigenvalue weighted by Gasteiger charge is 2.16. The first-order chi connectivity index (χ1) is 13.8. The van der Waals surface area contributed by atoms with Gasteiger partial charge in [0.25, 0.3) is 0 Å². The number of fused-ring (bicyclic) bond motifs is 1. The van der Waals surface area contributed by atoms with E-state index in [1.165, 1.54) is 6.42 Å². The van der Waals surface area contributed by atoms with Crippen LogP contribution in [-0.2, 0) is 11.3 Å². The van der Waals surface area contributed by atoms with Gasteiger partial charge in [-0.2, -0.15) is 0 Å². The smallest absolute Gasteiger partial charge is 0.151 e. The average molecular weight is 376 g/mol. The van der Waals surface area contributed by atoms with Crippen LogP contribution in [0.15, 0.2) is 49.2 Å². The summed E-state index contributed by atoms with van der Waals surface area (Å²) in [6.45, 7) is 1.33. The van der Waals surface area contributed by atoms with Crippen molar-refractivity contribution in [1.29, 1.82) is 0 Å². The lowest BCUT2D eigenvalue weighted by atomic mass is 10.2. The number of hydrogen-bond donors (Lipinski definition) is 0. The largest absolute Gasteiger partial charge is 0.358 e. The van der Waals surface area contributed by atoms with Crippen LogP contribution in [0.5, 0.6) is 0 Å². The van der Waals surface area contributed by atoms with E-state index < -0.39 is 0 Å². The molecule has 1 unspecified atom stereocenters. The number of rotatable bonds is 5. The molecule has 1 aliphatic rings. The Bertz CT molecular complexity index is 1120. The molecule has 0 radical (unpaired) electrons. The summed E-state index contributed by atoms with van der Waals surface area (Å²) in [6, 6.07) is 5.63. The Morgan fingerprint density at radius 2 is 2.11 bits per heavy atom. The second kappa shape index (κ2) is 7.05. The van der Waals surface area contributed by atoms with Gasteiger partial charge in [-0.15, -0.1) is 5.10 Å². The van der Waals surface area contributed by atoms with Gasteiger partial charge in [0.2, 0.25) is 0 Å². The Morgan fingerprint density at radius 1 is 1.14 bits per heavy atom. The van der Waals surface area contributed by atoms with E-state index in [1.54, 1.807) is 16.9 Å². The monoisotopic (exact) mass is 376 g/mol. The highest BCUT2D eigenvalue weighted by molar-refractivity contribution is 5.74. The molecule has 0 N–H and O–H groups in total. The molecule has 1 fully saturated rings. The number of aromatic nitrogens is 6. The van der Waals surface area contributed by atoms with Gasteiger partial charge in [-0.25, -0.2) is 9.67 Å². The molecule has 4 aromatic rings. The van der Waals surface area contributed by atoms with Crippen LogP contribution in [0, 0.1) is 0 Å². The van der Waals surface area contributed by atoms with Crippen LogP contribution in [0.2, 0.25) is 0 Å². The predicted octanol–water partition coefficient (Wildman–Crippen LogP) is 2.95. The first-order valence-electron chi connectivity index (χ1n) is 9.41. The van der Waals surface area contributed by atoms with Crippen LogP contribution < -0.4 is 0 Å². The van der Waals surface area contributed by atoms with Gasteiger partial charge in [-0.05, 0) is 37.5 Å². The number of nitrogens with zero attached hydrogens (tertiary/aromatic N) is 6. The number of hydrogen-bond acceptors (Lipinski definition) is 5. The van der Waals surface area contributed by atoms with Crippen LogP contribution in [0.4, 0.5) is 0 Å². The molecular formula is C20H20N6O2. The van der Waals surface area contributed by atoms with Gasteiger partial charge in [-0.1, -0.05) is 5.21 Å². The molecule has 8 nitrogen and oxygen atoms in total. The van der Waals surface area contributed by atoms with Gasteiger partial charge >= 0.3 is 0 Å². The van der Waals surface area contributed by atoms with Crippen molar-refractivity contribution in [1.82, 2.24) is 28.9 Å². The van der Waals surface area contributed by atoms with Crippen molar-refractivity contribution < 1.29 is 9.53 Å². The third kappa shape index (κ3) is 3.22. The van der Waals surface area contributed by atoms with E-state index in [2.05, 4.69) is 26.1 Å². The molecule has 0 amide bonds. The number of carbonyl (C=O) groups excluding carboxylic acids is 1. The van der Waals surface area contributed by atoms with Gasteiger partial charge in [-0.3, -0.25) is 4.79 Å². The summed E-state index contributed by atoms with van der Waals surface area (Å²) >= 11 is 0. The van der Waals surface area contributed by atoms with E-state index in [1.807, 2.05) is 35.1 Å². The summed E-state index contributed by atoms with van der Waals surface area (Å²) in [4.78, 5) is 15.5. The van der Waals surface area contributed by atoms with E-state index in [0.717, 1.165) is 48.3 Å². The Balaban J connectivity index is 1.33. The molecule has 4 aromatic heterocycles. The van der Waals surface area contributed by atoms with Crippen molar-refractivity contribution >= 4 is 11.9 Å². The molecule has 0 aromatic carbocycles. The van der Waals surface area contributed by atoms with Crippen LogP contribution in [0.1, 0.15) is 41.5 Å². The van der Waals surface area contributed by atoms with Gasteiger partial charge < -0.3 is 13.7 Å². The molecule has 5 heterocycles. The molecule has 28 heavy (non-hydrogen) atoms. The van der Waals surface area contributed by atoms with Crippen molar-refractivity contribution in [3.63, 3.8) is 0 Å². The lowest BCUT2D eigenvalue weighted by molar-refractivity contribution is -0.0317. The third-order valence-electron chi connectivity index (χ3n) is 5.02. The lowest BCUT2D eigenvalue weighted by Crippen LogP contribution is -2.16. The zero-order valence-corrected chi connectivity index (χ0v) is 15.3. The quantitative estimate of drug-likeness (QED) is 0.500. The van der Waals surface area contributed by atoms with Gasteiger partial charge in [0.1, 0.15) is 17.6 Å². The van der Waals surface area contributed by atoms with Gasteiger partial charge in [0.15, 0.2) is 6.29 Å². The molecule has 0 bridgehead atoms. The maximum atomic E-state index is 10.9. The molecular weight excluding hydrogens is 356 g/mol. The third-order valence-corrected chi connectivity index (χ3v) is 5.02. The Kier molecular flexibility index (Phi) is 4.25. The molecule has 0 saturated carbocycles. The summed E-state index contributed by atoms with van der Waals surface area (Å²) in [7, 11) is 0. The van der Waals surface area contributed by atoms with Crippen molar-refractivity contribution in [3.8, 4) is 11.3 Å². The van der Waals surface area contributed by atoms with E-state index in [4.69, 9.17) is 4.74 Å². The lowest BCUT2D eigenvalue weighted by Gasteiger charge is -2.23. The SMILES string of the molecule is O=Cc1ccc2nc(Cn3cc(-c4ccn(C5CCCCO5)c4)nn3)cn2c1. The van der Waals surface area contributed by atoms with Gasteiger partial charge in [0.05, 0.1) is 18.4 Å². The molecule has 0 aliphatic carbocycles. The fourth-order valence-electron chi connectivity index (χ4n) is 3.58. The van der Waals surface area contributed by atoms with Crippen LogP contribution >= 0.6 is 0 Å². The van der Waals surface area contributed by atoms with E-state index >= 15 is 0 Å². The summed E-state index contributed by atoms with van der Waals surface area (Å²) in [5.41, 5.74) is 4.11. The van der Waals surface area contributed by atoms with Crippen molar-refractivity contribution in [2.24, 2.45) is 0 Å². The molecule has 5 rings (SSSR count). The molecule has 0 spiro atoms. The summed E-state index contributed by atoms with van der Waals surface area (Å²) in [5, 5.41) is 8.53. The fourth-order valence-corrected chi connectivity index (χ4v) is 3.58. The van der Waals surface area contributed by atoms with E-state index in [9.17, 15) is 4.79 Å². The molecule has 1 saturated heterocycles. The molecule has 8 heteroatoms. The zero-order chi connectivity index (χ0) is 18.9. The Hall–Kier alpha value is -3.26. The second-order valence-corrected chi connectivity index (χ2v) is 7.05. The Labute approximate surface area is 161 Å².